The Morgan fingerprint density at radius 3 is 2.95 bits per heavy atom. The van der Waals surface area contributed by atoms with Crippen molar-refractivity contribution in [3.8, 4) is 0 Å². The second-order valence-corrected chi connectivity index (χ2v) is 4.81. The summed E-state index contributed by atoms with van der Waals surface area (Å²) in [6.45, 7) is 0.538. The number of amides is 1. The molecular weight excluding hydrogens is 299 g/mol. The van der Waals surface area contributed by atoms with Gasteiger partial charge in [0.15, 0.2) is 0 Å². The molecule has 3 rings (SSSR count). The molecule has 0 aromatic carbocycles. The fourth-order valence-electron chi connectivity index (χ4n) is 2.14. The summed E-state index contributed by atoms with van der Waals surface area (Å²) in [4.78, 5) is 19.2. The van der Waals surface area contributed by atoms with Gasteiger partial charge in [0.25, 0.3) is 5.91 Å². The Morgan fingerprint density at radius 1 is 1.50 bits per heavy atom. The van der Waals surface area contributed by atoms with Gasteiger partial charge in [-0.1, -0.05) is 0 Å². The number of H-pyrrole nitrogens is 1. The first kappa shape index (κ1) is 16.8. The minimum Gasteiger partial charge on any atom is -0.350 e. The minimum atomic E-state index is -0.0923. The Balaban J connectivity index is 0.000001000. The van der Waals surface area contributed by atoms with Crippen molar-refractivity contribution in [2.45, 2.75) is 18.9 Å². The van der Waals surface area contributed by atoms with E-state index < -0.39 is 0 Å². The maximum absolute atomic E-state index is 12.1. The zero-order chi connectivity index (χ0) is 12.5. The number of aromatic nitrogens is 2. The summed E-state index contributed by atoms with van der Waals surface area (Å²) >= 11 is 0. The van der Waals surface area contributed by atoms with Crippen molar-refractivity contribution in [3.63, 3.8) is 0 Å². The highest BCUT2D eigenvalue weighted by molar-refractivity contribution is 6.05. The van der Waals surface area contributed by atoms with Gasteiger partial charge >= 0.3 is 0 Å². The van der Waals surface area contributed by atoms with E-state index in [1.165, 1.54) is 12.8 Å². The maximum Gasteiger partial charge on any atom is 0.253 e. The maximum atomic E-state index is 12.1. The SMILES string of the molecule is Cl.Cl.NC(CNC(=O)c1c[nH]c2ncccc12)C1CC1. The predicted molar refractivity (Wildman–Crippen MR) is 83.6 cm³/mol. The third kappa shape index (κ3) is 3.42. The van der Waals surface area contributed by atoms with E-state index in [-0.39, 0.29) is 36.8 Å². The van der Waals surface area contributed by atoms with Crippen molar-refractivity contribution >= 4 is 41.8 Å². The smallest absolute Gasteiger partial charge is 0.253 e. The number of pyridine rings is 1. The molecular formula is C13H18Cl2N4O. The van der Waals surface area contributed by atoms with E-state index in [9.17, 15) is 4.79 Å². The summed E-state index contributed by atoms with van der Waals surface area (Å²) in [5.41, 5.74) is 7.32. The number of carbonyl (C=O) groups is 1. The molecule has 0 bridgehead atoms. The zero-order valence-electron chi connectivity index (χ0n) is 10.8. The Hall–Kier alpha value is -1.30. The van der Waals surface area contributed by atoms with Crippen LogP contribution >= 0.6 is 24.8 Å². The average molecular weight is 317 g/mol. The van der Waals surface area contributed by atoms with Gasteiger partial charge in [0.2, 0.25) is 0 Å². The van der Waals surface area contributed by atoms with Gasteiger partial charge in [-0.15, -0.1) is 24.8 Å². The molecule has 1 aliphatic rings. The molecule has 0 spiro atoms. The topological polar surface area (TPSA) is 83.8 Å². The fourth-order valence-corrected chi connectivity index (χ4v) is 2.14. The first-order chi connectivity index (χ1) is 8.75. The molecule has 1 unspecified atom stereocenters. The lowest BCUT2D eigenvalue weighted by molar-refractivity contribution is 0.0952. The Kier molecular flexibility index (Phi) is 5.80. The van der Waals surface area contributed by atoms with Crippen LogP contribution in [0.25, 0.3) is 11.0 Å². The van der Waals surface area contributed by atoms with Gasteiger partial charge in [-0.05, 0) is 30.9 Å². The second kappa shape index (κ2) is 6.92. The zero-order valence-corrected chi connectivity index (χ0v) is 12.5. The summed E-state index contributed by atoms with van der Waals surface area (Å²) in [6, 6.07) is 3.79. The Labute approximate surface area is 129 Å². The standard InChI is InChI=1S/C13H16N4O.2ClH/c14-11(8-3-4-8)7-17-13(18)10-6-16-12-9(10)2-1-5-15-12;;/h1-2,5-6,8,11H,3-4,7,14H2,(H,15,16)(H,17,18);2*1H. The van der Waals surface area contributed by atoms with Crippen LogP contribution in [0.1, 0.15) is 23.2 Å². The number of hydrogen-bond donors (Lipinski definition) is 3. The molecule has 1 atom stereocenters. The largest absolute Gasteiger partial charge is 0.350 e. The lowest BCUT2D eigenvalue weighted by Gasteiger charge is -2.10. The van der Waals surface area contributed by atoms with Crippen LogP contribution in [0.2, 0.25) is 0 Å². The molecule has 0 aliphatic heterocycles. The number of nitrogens with one attached hydrogen (secondary N) is 2. The molecule has 1 saturated carbocycles. The summed E-state index contributed by atoms with van der Waals surface area (Å²) in [5, 5.41) is 3.73. The molecule has 1 aliphatic carbocycles. The van der Waals surface area contributed by atoms with Gasteiger partial charge in [-0.2, -0.15) is 0 Å². The van der Waals surface area contributed by atoms with Crippen molar-refractivity contribution in [1.29, 1.82) is 0 Å². The third-order valence-electron chi connectivity index (χ3n) is 3.42. The summed E-state index contributed by atoms with van der Waals surface area (Å²) in [7, 11) is 0. The second-order valence-electron chi connectivity index (χ2n) is 4.81. The van der Waals surface area contributed by atoms with Gasteiger partial charge in [0.1, 0.15) is 5.65 Å². The van der Waals surface area contributed by atoms with Gasteiger partial charge in [-0.3, -0.25) is 4.79 Å². The molecule has 110 valence electrons. The monoisotopic (exact) mass is 316 g/mol. The van der Waals surface area contributed by atoms with Crippen molar-refractivity contribution in [2.24, 2.45) is 11.7 Å². The summed E-state index contributed by atoms with van der Waals surface area (Å²) in [5.74, 6) is 0.500. The highest BCUT2D eigenvalue weighted by Gasteiger charge is 2.28. The molecule has 20 heavy (non-hydrogen) atoms. The van der Waals surface area contributed by atoms with Gasteiger partial charge in [0, 0.05) is 30.4 Å². The van der Waals surface area contributed by atoms with Crippen LogP contribution in [0.15, 0.2) is 24.5 Å². The molecule has 1 fully saturated rings. The van der Waals surface area contributed by atoms with Gasteiger partial charge < -0.3 is 16.0 Å². The van der Waals surface area contributed by atoms with Crippen LogP contribution in [-0.4, -0.2) is 28.5 Å². The highest BCUT2D eigenvalue weighted by Crippen LogP contribution is 2.31. The molecule has 5 nitrogen and oxygen atoms in total. The van der Waals surface area contributed by atoms with Crippen LogP contribution in [0.3, 0.4) is 0 Å². The minimum absolute atomic E-state index is 0. The van der Waals surface area contributed by atoms with Crippen LogP contribution in [-0.2, 0) is 0 Å². The van der Waals surface area contributed by atoms with E-state index in [0.29, 0.717) is 18.0 Å². The molecule has 0 radical (unpaired) electrons. The number of carbonyl (C=O) groups excluding carboxylic acids is 1. The molecule has 0 saturated heterocycles. The first-order valence-electron chi connectivity index (χ1n) is 6.21. The molecule has 2 aromatic rings. The van der Waals surface area contributed by atoms with Crippen molar-refractivity contribution in [1.82, 2.24) is 15.3 Å². The summed E-state index contributed by atoms with van der Waals surface area (Å²) in [6.07, 6.45) is 5.77. The van der Waals surface area contributed by atoms with Crippen LogP contribution in [0.4, 0.5) is 0 Å². The van der Waals surface area contributed by atoms with E-state index >= 15 is 0 Å². The highest BCUT2D eigenvalue weighted by atomic mass is 35.5. The Morgan fingerprint density at radius 2 is 2.25 bits per heavy atom. The lowest BCUT2D eigenvalue weighted by Crippen LogP contribution is -2.38. The first-order valence-corrected chi connectivity index (χ1v) is 6.21. The van der Waals surface area contributed by atoms with Crippen LogP contribution in [0.5, 0.6) is 0 Å². The third-order valence-corrected chi connectivity index (χ3v) is 3.42. The number of hydrogen-bond acceptors (Lipinski definition) is 3. The molecule has 4 N–H and O–H groups in total. The number of rotatable bonds is 4. The van der Waals surface area contributed by atoms with Gasteiger partial charge in [0.05, 0.1) is 5.56 Å². The normalized spacial score (nSPS) is 15.1. The van der Waals surface area contributed by atoms with E-state index in [4.69, 9.17) is 5.73 Å². The van der Waals surface area contributed by atoms with Crippen molar-refractivity contribution in [2.75, 3.05) is 6.54 Å². The van der Waals surface area contributed by atoms with Crippen LogP contribution < -0.4 is 11.1 Å². The van der Waals surface area contributed by atoms with Crippen molar-refractivity contribution in [3.05, 3.63) is 30.1 Å². The lowest BCUT2D eigenvalue weighted by atomic mass is 10.2. The van der Waals surface area contributed by atoms with E-state index in [1.54, 1.807) is 12.4 Å². The van der Waals surface area contributed by atoms with Crippen LogP contribution in [0, 0.1) is 5.92 Å². The average Bonchev–Trinajstić information content (AvgIpc) is 3.15. The fraction of sp³-hybridized carbons (Fsp3) is 0.385. The van der Waals surface area contributed by atoms with E-state index in [1.807, 2.05) is 12.1 Å². The molecule has 2 aromatic heterocycles. The number of halogens is 2. The van der Waals surface area contributed by atoms with Crippen molar-refractivity contribution < 1.29 is 4.79 Å². The number of aromatic amines is 1. The molecule has 2 heterocycles. The predicted octanol–water partition coefficient (Wildman–Crippen LogP) is 1.87. The van der Waals surface area contributed by atoms with Gasteiger partial charge in [-0.25, -0.2) is 4.98 Å². The Bertz CT molecular complexity index is 583. The molecule has 7 heteroatoms. The quantitative estimate of drug-likeness (QED) is 0.805. The number of nitrogens with two attached hydrogens (primary N) is 1. The number of nitrogens with zero attached hydrogens (tertiary/aromatic N) is 1. The summed E-state index contributed by atoms with van der Waals surface area (Å²) < 4.78 is 0. The van der Waals surface area contributed by atoms with E-state index in [2.05, 4.69) is 15.3 Å². The molecule has 1 amide bonds. The number of fused-ring (bicyclic) bond motifs is 1. The van der Waals surface area contributed by atoms with E-state index in [0.717, 1.165) is 11.0 Å².